The van der Waals surface area contributed by atoms with Crippen molar-refractivity contribution in [1.29, 1.82) is 0 Å². The molecule has 1 aliphatic heterocycles. The topological polar surface area (TPSA) is 41.6 Å². The van der Waals surface area contributed by atoms with Gasteiger partial charge >= 0.3 is 0 Å². The molecule has 1 amide bonds. The lowest BCUT2D eigenvalue weighted by atomic mass is 10.2. The molecule has 15 heavy (non-hydrogen) atoms. The molecule has 0 aromatic heterocycles. The Balaban J connectivity index is 2.26. The molecule has 0 aromatic rings. The number of carbonyl (C=O) groups excluding carboxylic acids is 1. The highest BCUT2D eigenvalue weighted by Gasteiger charge is 2.20. The predicted molar refractivity (Wildman–Crippen MR) is 59.7 cm³/mol. The number of carbonyl (C=O) groups is 1. The summed E-state index contributed by atoms with van der Waals surface area (Å²) in [4.78, 5) is 13.6. The van der Waals surface area contributed by atoms with Crippen molar-refractivity contribution in [3.05, 3.63) is 0 Å². The lowest BCUT2D eigenvalue weighted by Crippen LogP contribution is -2.52. The number of piperazine rings is 1. The van der Waals surface area contributed by atoms with Crippen LogP contribution >= 0.6 is 0 Å². The van der Waals surface area contributed by atoms with Gasteiger partial charge in [0.05, 0.1) is 6.10 Å². The van der Waals surface area contributed by atoms with Crippen molar-refractivity contribution in [3.63, 3.8) is 0 Å². The Kier molecular flexibility index (Phi) is 5.05. The van der Waals surface area contributed by atoms with Crippen LogP contribution in [-0.2, 0) is 9.53 Å². The van der Waals surface area contributed by atoms with Gasteiger partial charge in [-0.1, -0.05) is 6.92 Å². The summed E-state index contributed by atoms with van der Waals surface area (Å²) in [7, 11) is 0. The first-order chi connectivity index (χ1) is 7.13. The second-order valence-corrected chi connectivity index (χ2v) is 4.22. The molecule has 0 spiro atoms. The molecule has 0 radical (unpaired) electrons. The molecular formula is C11H22N2O2. The first kappa shape index (κ1) is 12.5. The number of rotatable bonds is 4. The van der Waals surface area contributed by atoms with Crippen LogP contribution in [0.15, 0.2) is 0 Å². The third-order valence-corrected chi connectivity index (χ3v) is 2.79. The normalized spacial score (nSPS) is 23.9. The van der Waals surface area contributed by atoms with Gasteiger partial charge in [-0.3, -0.25) is 4.79 Å². The Morgan fingerprint density at radius 3 is 3.00 bits per heavy atom. The van der Waals surface area contributed by atoms with Crippen molar-refractivity contribution >= 4 is 5.91 Å². The minimum absolute atomic E-state index is 0.114. The Labute approximate surface area is 92.0 Å². The molecule has 1 N–H and O–H groups in total. The van der Waals surface area contributed by atoms with Gasteiger partial charge in [-0.25, -0.2) is 0 Å². The molecule has 0 bridgehead atoms. The number of hydrogen-bond donors (Lipinski definition) is 1. The Bertz CT molecular complexity index is 209. The van der Waals surface area contributed by atoms with Crippen LogP contribution in [0.3, 0.4) is 0 Å². The Morgan fingerprint density at radius 2 is 2.40 bits per heavy atom. The minimum Gasteiger partial charge on any atom is -0.369 e. The summed E-state index contributed by atoms with van der Waals surface area (Å²) in [6, 6.07) is 0.395. The third-order valence-electron chi connectivity index (χ3n) is 2.79. The number of nitrogens with zero attached hydrogens (tertiary/aromatic N) is 1. The molecule has 1 aliphatic rings. The smallest absolute Gasteiger partial charge is 0.248 e. The van der Waals surface area contributed by atoms with E-state index in [0.29, 0.717) is 6.04 Å². The van der Waals surface area contributed by atoms with Crippen molar-refractivity contribution in [3.8, 4) is 0 Å². The third kappa shape index (κ3) is 4.18. The van der Waals surface area contributed by atoms with Crippen molar-refractivity contribution in [2.45, 2.75) is 39.3 Å². The van der Waals surface area contributed by atoms with Crippen LogP contribution < -0.4 is 5.32 Å². The van der Waals surface area contributed by atoms with Crippen LogP contribution in [0.2, 0.25) is 0 Å². The number of nitrogens with one attached hydrogen (secondary N) is 1. The molecular weight excluding hydrogens is 192 g/mol. The fourth-order valence-corrected chi connectivity index (χ4v) is 1.58. The quantitative estimate of drug-likeness (QED) is 0.746. The van der Waals surface area contributed by atoms with Gasteiger partial charge in [-0.05, 0) is 20.3 Å². The standard InChI is InChI=1S/C11H22N2O2/c1-4-10(3)15-8-11(14)13-6-5-12-9(2)7-13/h9-10,12H,4-8H2,1-3H3/t9-,10?/m1/s1. The highest BCUT2D eigenvalue weighted by molar-refractivity contribution is 5.77. The average molecular weight is 214 g/mol. The largest absolute Gasteiger partial charge is 0.369 e. The molecule has 4 nitrogen and oxygen atoms in total. The van der Waals surface area contributed by atoms with E-state index in [0.717, 1.165) is 26.1 Å². The summed E-state index contributed by atoms with van der Waals surface area (Å²) < 4.78 is 5.43. The average Bonchev–Trinajstić information content (AvgIpc) is 2.25. The van der Waals surface area contributed by atoms with Gasteiger partial charge in [0.25, 0.3) is 0 Å². The van der Waals surface area contributed by atoms with E-state index >= 15 is 0 Å². The molecule has 0 aromatic carbocycles. The van der Waals surface area contributed by atoms with E-state index in [1.165, 1.54) is 0 Å². The molecule has 2 atom stereocenters. The SMILES string of the molecule is CCC(C)OCC(=O)N1CCN[C@H](C)C1. The van der Waals surface area contributed by atoms with E-state index in [9.17, 15) is 4.79 Å². The number of amides is 1. The zero-order valence-corrected chi connectivity index (χ0v) is 9.95. The monoisotopic (exact) mass is 214 g/mol. The van der Waals surface area contributed by atoms with Crippen LogP contribution in [0, 0.1) is 0 Å². The second-order valence-electron chi connectivity index (χ2n) is 4.22. The van der Waals surface area contributed by atoms with Gasteiger partial charge in [0.2, 0.25) is 5.91 Å². The van der Waals surface area contributed by atoms with Crippen molar-refractivity contribution < 1.29 is 9.53 Å². The summed E-state index contributed by atoms with van der Waals surface area (Å²) >= 11 is 0. The first-order valence-corrected chi connectivity index (χ1v) is 5.76. The molecule has 1 unspecified atom stereocenters. The minimum atomic E-state index is 0.114. The van der Waals surface area contributed by atoms with Crippen molar-refractivity contribution in [1.82, 2.24) is 10.2 Å². The number of hydrogen-bond acceptors (Lipinski definition) is 3. The molecule has 0 aliphatic carbocycles. The van der Waals surface area contributed by atoms with E-state index in [1.807, 2.05) is 11.8 Å². The van der Waals surface area contributed by atoms with Crippen LogP contribution in [-0.4, -0.2) is 49.2 Å². The van der Waals surface area contributed by atoms with Gasteiger partial charge in [0.1, 0.15) is 6.61 Å². The van der Waals surface area contributed by atoms with Crippen LogP contribution in [0.1, 0.15) is 27.2 Å². The molecule has 1 rings (SSSR count). The van der Waals surface area contributed by atoms with Gasteiger partial charge in [0.15, 0.2) is 0 Å². The van der Waals surface area contributed by atoms with Crippen molar-refractivity contribution in [2.24, 2.45) is 0 Å². The van der Waals surface area contributed by atoms with Gasteiger partial charge in [-0.2, -0.15) is 0 Å². The van der Waals surface area contributed by atoms with Crippen molar-refractivity contribution in [2.75, 3.05) is 26.2 Å². The fraction of sp³-hybridized carbons (Fsp3) is 0.909. The van der Waals surface area contributed by atoms with E-state index < -0.39 is 0 Å². The van der Waals surface area contributed by atoms with Crippen LogP contribution in [0.4, 0.5) is 0 Å². The predicted octanol–water partition coefficient (Wildman–Crippen LogP) is 0.622. The molecule has 0 saturated carbocycles. The summed E-state index contributed by atoms with van der Waals surface area (Å²) in [6.07, 6.45) is 1.12. The summed E-state index contributed by atoms with van der Waals surface area (Å²) in [5.41, 5.74) is 0. The highest BCUT2D eigenvalue weighted by Crippen LogP contribution is 2.01. The molecule has 4 heteroatoms. The molecule has 88 valence electrons. The maximum atomic E-state index is 11.7. The summed E-state index contributed by atoms with van der Waals surface area (Å²) in [6.45, 7) is 8.85. The second kappa shape index (κ2) is 6.08. The zero-order chi connectivity index (χ0) is 11.3. The van der Waals surface area contributed by atoms with E-state index in [1.54, 1.807) is 0 Å². The van der Waals surface area contributed by atoms with Gasteiger partial charge in [-0.15, -0.1) is 0 Å². The highest BCUT2D eigenvalue weighted by atomic mass is 16.5. The molecule has 1 saturated heterocycles. The zero-order valence-electron chi connectivity index (χ0n) is 9.95. The van der Waals surface area contributed by atoms with E-state index in [4.69, 9.17) is 4.74 Å². The van der Waals surface area contributed by atoms with E-state index in [2.05, 4.69) is 19.2 Å². The summed E-state index contributed by atoms with van der Waals surface area (Å²) in [5, 5.41) is 3.31. The van der Waals surface area contributed by atoms with E-state index in [-0.39, 0.29) is 18.6 Å². The fourth-order valence-electron chi connectivity index (χ4n) is 1.58. The van der Waals surface area contributed by atoms with Gasteiger partial charge < -0.3 is 15.0 Å². The maximum absolute atomic E-state index is 11.7. The Hall–Kier alpha value is -0.610. The summed E-state index contributed by atoms with van der Waals surface area (Å²) in [5.74, 6) is 0.114. The Morgan fingerprint density at radius 1 is 1.67 bits per heavy atom. The maximum Gasteiger partial charge on any atom is 0.248 e. The van der Waals surface area contributed by atoms with Crippen LogP contribution in [0.25, 0.3) is 0 Å². The number of ether oxygens (including phenoxy) is 1. The first-order valence-electron chi connectivity index (χ1n) is 5.76. The van der Waals surface area contributed by atoms with Crippen LogP contribution in [0.5, 0.6) is 0 Å². The lowest BCUT2D eigenvalue weighted by Gasteiger charge is -2.32. The lowest BCUT2D eigenvalue weighted by molar-refractivity contribution is -0.139. The molecule has 1 heterocycles. The molecule has 1 fully saturated rings. The van der Waals surface area contributed by atoms with Gasteiger partial charge in [0, 0.05) is 25.7 Å².